The van der Waals surface area contributed by atoms with E-state index in [0.717, 1.165) is 34.0 Å². The van der Waals surface area contributed by atoms with Gasteiger partial charge in [0.2, 0.25) is 0 Å². The highest BCUT2D eigenvalue weighted by atomic mass is 16.5. The molecule has 1 N–H and O–H groups in total. The number of hydrogen-bond acceptors (Lipinski definition) is 4. The van der Waals surface area contributed by atoms with E-state index in [1.807, 2.05) is 60.9 Å². The van der Waals surface area contributed by atoms with Crippen LogP contribution < -0.4 is 10.1 Å². The van der Waals surface area contributed by atoms with Crippen molar-refractivity contribution >= 4 is 22.4 Å². The standard InChI is InChI=1S/C29H28N2O3/c1-4-29(3)27-15-23(12-13-25(27)19(2)34-29)31-28(32)20-9-7-10-24(14-20)33-18-22-17-30-16-21-8-5-6-11-26(21)22/h5-17,19H,4,18H2,1-3H3,(H,31,32). The first-order valence-corrected chi connectivity index (χ1v) is 11.6. The summed E-state index contributed by atoms with van der Waals surface area (Å²) in [7, 11) is 0. The molecule has 172 valence electrons. The van der Waals surface area contributed by atoms with Gasteiger partial charge in [0.05, 0.1) is 11.7 Å². The van der Waals surface area contributed by atoms with Gasteiger partial charge in [-0.05, 0) is 67.1 Å². The zero-order chi connectivity index (χ0) is 23.7. The number of nitrogens with zero attached hydrogens (tertiary/aromatic N) is 1. The minimum Gasteiger partial charge on any atom is -0.489 e. The molecule has 34 heavy (non-hydrogen) atoms. The molecule has 0 saturated heterocycles. The molecule has 1 amide bonds. The van der Waals surface area contributed by atoms with E-state index in [4.69, 9.17) is 9.47 Å². The van der Waals surface area contributed by atoms with Gasteiger partial charge in [-0.15, -0.1) is 0 Å². The van der Waals surface area contributed by atoms with Crippen molar-refractivity contribution in [1.29, 1.82) is 0 Å². The van der Waals surface area contributed by atoms with Crippen molar-refractivity contribution in [3.63, 3.8) is 0 Å². The van der Waals surface area contributed by atoms with Crippen molar-refractivity contribution in [3.8, 4) is 5.75 Å². The van der Waals surface area contributed by atoms with E-state index in [1.165, 1.54) is 5.56 Å². The SMILES string of the molecule is CCC1(C)OC(C)c2ccc(NC(=O)c3cccc(OCc4cncc5ccccc45)c3)cc21. The van der Waals surface area contributed by atoms with Crippen LogP contribution in [0.15, 0.2) is 79.1 Å². The van der Waals surface area contributed by atoms with Crippen LogP contribution in [0.5, 0.6) is 5.75 Å². The molecule has 2 atom stereocenters. The van der Waals surface area contributed by atoms with E-state index in [0.29, 0.717) is 17.9 Å². The Balaban J connectivity index is 1.31. The number of hydrogen-bond donors (Lipinski definition) is 1. The number of carbonyl (C=O) groups excluding carboxylic acids is 1. The minimum atomic E-state index is -0.334. The third kappa shape index (κ3) is 4.15. The van der Waals surface area contributed by atoms with Crippen LogP contribution in [0.2, 0.25) is 0 Å². The number of aromatic nitrogens is 1. The van der Waals surface area contributed by atoms with E-state index < -0.39 is 0 Å². The van der Waals surface area contributed by atoms with Crippen LogP contribution in [0.25, 0.3) is 10.8 Å². The maximum atomic E-state index is 13.0. The Hall–Kier alpha value is -3.70. The molecule has 0 fully saturated rings. The maximum Gasteiger partial charge on any atom is 0.255 e. The number of ether oxygens (including phenoxy) is 2. The fourth-order valence-electron chi connectivity index (χ4n) is 4.62. The molecule has 0 aliphatic carbocycles. The Morgan fingerprint density at radius 2 is 1.94 bits per heavy atom. The van der Waals surface area contributed by atoms with Crippen molar-refractivity contribution in [2.24, 2.45) is 0 Å². The third-order valence-electron chi connectivity index (χ3n) is 6.67. The fraction of sp³-hybridized carbons (Fsp3) is 0.241. The quantitative estimate of drug-likeness (QED) is 0.350. The first-order valence-electron chi connectivity index (χ1n) is 11.6. The van der Waals surface area contributed by atoms with Gasteiger partial charge in [0, 0.05) is 34.6 Å². The van der Waals surface area contributed by atoms with Gasteiger partial charge in [-0.1, -0.05) is 43.3 Å². The van der Waals surface area contributed by atoms with Gasteiger partial charge in [0.15, 0.2) is 0 Å². The second-order valence-electron chi connectivity index (χ2n) is 8.94. The lowest BCUT2D eigenvalue weighted by molar-refractivity contribution is -0.0591. The minimum absolute atomic E-state index is 0.0514. The molecule has 1 aliphatic heterocycles. The maximum absolute atomic E-state index is 13.0. The number of nitrogens with one attached hydrogen (secondary N) is 1. The largest absolute Gasteiger partial charge is 0.489 e. The van der Waals surface area contributed by atoms with E-state index in [1.54, 1.807) is 12.1 Å². The van der Waals surface area contributed by atoms with Crippen molar-refractivity contribution in [3.05, 3.63) is 101 Å². The first-order chi connectivity index (χ1) is 16.5. The molecule has 4 aromatic rings. The number of anilines is 1. The molecule has 5 rings (SSSR count). The second kappa shape index (κ2) is 8.92. The van der Waals surface area contributed by atoms with E-state index in [2.05, 4.69) is 37.1 Å². The molecule has 5 nitrogen and oxygen atoms in total. The number of pyridine rings is 1. The van der Waals surface area contributed by atoms with Gasteiger partial charge in [-0.25, -0.2) is 0 Å². The molecule has 0 radical (unpaired) electrons. The van der Waals surface area contributed by atoms with Crippen LogP contribution in [0, 0.1) is 0 Å². The summed E-state index contributed by atoms with van der Waals surface area (Å²) in [6, 6.07) is 21.4. The second-order valence-corrected chi connectivity index (χ2v) is 8.94. The zero-order valence-electron chi connectivity index (χ0n) is 19.7. The molecule has 0 spiro atoms. The van der Waals surface area contributed by atoms with Crippen molar-refractivity contribution in [2.75, 3.05) is 5.32 Å². The van der Waals surface area contributed by atoms with Crippen LogP contribution in [0.3, 0.4) is 0 Å². The summed E-state index contributed by atoms with van der Waals surface area (Å²) in [6.45, 7) is 6.66. The molecule has 0 saturated carbocycles. The number of fused-ring (bicyclic) bond motifs is 2. The number of benzene rings is 3. The van der Waals surface area contributed by atoms with E-state index in [-0.39, 0.29) is 17.6 Å². The summed E-state index contributed by atoms with van der Waals surface area (Å²) >= 11 is 0. The molecule has 1 aliphatic rings. The summed E-state index contributed by atoms with van der Waals surface area (Å²) in [5.74, 6) is 0.456. The van der Waals surface area contributed by atoms with Gasteiger partial charge in [-0.2, -0.15) is 0 Å². The predicted molar refractivity (Wildman–Crippen MR) is 134 cm³/mol. The topological polar surface area (TPSA) is 60.5 Å². The van der Waals surface area contributed by atoms with Gasteiger partial charge in [0.25, 0.3) is 5.91 Å². The fourth-order valence-corrected chi connectivity index (χ4v) is 4.62. The highest BCUT2D eigenvalue weighted by molar-refractivity contribution is 6.04. The number of rotatable bonds is 6. The van der Waals surface area contributed by atoms with Crippen LogP contribution in [-0.2, 0) is 16.9 Å². The molecule has 2 heterocycles. The molecule has 5 heteroatoms. The highest BCUT2D eigenvalue weighted by Crippen LogP contribution is 2.46. The summed E-state index contributed by atoms with van der Waals surface area (Å²) < 4.78 is 12.2. The Labute approximate surface area is 199 Å². The summed E-state index contributed by atoms with van der Waals surface area (Å²) in [5, 5.41) is 5.22. The average Bonchev–Trinajstić information content (AvgIpc) is 3.12. The first kappa shape index (κ1) is 22.1. The third-order valence-corrected chi connectivity index (χ3v) is 6.67. The normalized spacial score (nSPS) is 19.1. The predicted octanol–water partition coefficient (Wildman–Crippen LogP) is 6.78. The van der Waals surface area contributed by atoms with Gasteiger partial charge in [-0.3, -0.25) is 9.78 Å². The molecule has 0 bridgehead atoms. The zero-order valence-corrected chi connectivity index (χ0v) is 19.7. The van der Waals surface area contributed by atoms with E-state index in [9.17, 15) is 4.79 Å². The summed E-state index contributed by atoms with van der Waals surface area (Å²) in [4.78, 5) is 17.3. The Morgan fingerprint density at radius 3 is 2.79 bits per heavy atom. The Kier molecular flexibility index (Phi) is 5.80. The van der Waals surface area contributed by atoms with Crippen LogP contribution in [0.4, 0.5) is 5.69 Å². The molecule has 3 aromatic carbocycles. The lowest BCUT2D eigenvalue weighted by Gasteiger charge is -2.24. The molecular weight excluding hydrogens is 424 g/mol. The van der Waals surface area contributed by atoms with Crippen molar-refractivity contribution < 1.29 is 14.3 Å². The average molecular weight is 453 g/mol. The van der Waals surface area contributed by atoms with E-state index >= 15 is 0 Å². The van der Waals surface area contributed by atoms with Crippen LogP contribution in [0.1, 0.15) is 60.3 Å². The summed E-state index contributed by atoms with van der Waals surface area (Å²) in [6.07, 6.45) is 4.59. The number of carbonyl (C=O) groups is 1. The monoisotopic (exact) mass is 452 g/mol. The molecule has 2 unspecified atom stereocenters. The van der Waals surface area contributed by atoms with Gasteiger partial charge >= 0.3 is 0 Å². The van der Waals surface area contributed by atoms with Crippen LogP contribution >= 0.6 is 0 Å². The smallest absolute Gasteiger partial charge is 0.255 e. The van der Waals surface area contributed by atoms with Crippen LogP contribution in [-0.4, -0.2) is 10.9 Å². The van der Waals surface area contributed by atoms with Crippen molar-refractivity contribution in [2.45, 2.75) is 45.5 Å². The van der Waals surface area contributed by atoms with Gasteiger partial charge in [0.1, 0.15) is 12.4 Å². The summed E-state index contributed by atoms with van der Waals surface area (Å²) in [5.41, 5.74) is 4.29. The number of amides is 1. The lowest BCUT2D eigenvalue weighted by atomic mass is 9.90. The van der Waals surface area contributed by atoms with Crippen molar-refractivity contribution in [1.82, 2.24) is 4.98 Å². The van der Waals surface area contributed by atoms with Gasteiger partial charge < -0.3 is 14.8 Å². The highest BCUT2D eigenvalue weighted by Gasteiger charge is 2.38. The molecular formula is C29H28N2O3. The molecule has 1 aromatic heterocycles. The Morgan fingerprint density at radius 1 is 1.09 bits per heavy atom. The Bertz CT molecular complexity index is 1360. The lowest BCUT2D eigenvalue weighted by Crippen LogP contribution is -2.20.